The molecule has 104 valence electrons. The molecule has 4 heteroatoms. The van der Waals surface area contributed by atoms with Gasteiger partial charge in [-0.05, 0) is 17.8 Å². The van der Waals surface area contributed by atoms with Gasteiger partial charge in [-0.2, -0.15) is 0 Å². The van der Waals surface area contributed by atoms with E-state index in [1.165, 1.54) is 0 Å². The van der Waals surface area contributed by atoms with Gasteiger partial charge in [-0.3, -0.25) is 4.79 Å². The summed E-state index contributed by atoms with van der Waals surface area (Å²) in [5.41, 5.74) is -0.191. The van der Waals surface area contributed by atoms with Crippen molar-refractivity contribution in [1.82, 2.24) is 0 Å². The lowest BCUT2D eigenvalue weighted by atomic mass is 9.84. The van der Waals surface area contributed by atoms with E-state index < -0.39 is 11.9 Å². The van der Waals surface area contributed by atoms with Gasteiger partial charge in [0.15, 0.2) is 0 Å². The van der Waals surface area contributed by atoms with Gasteiger partial charge < -0.3 is 9.84 Å². The average molecular weight is 256 g/mol. The summed E-state index contributed by atoms with van der Waals surface area (Å²) in [6.45, 7) is 13.5. The first-order valence-electron chi connectivity index (χ1n) is 6.14. The van der Waals surface area contributed by atoms with Gasteiger partial charge in [0, 0.05) is 5.57 Å². The van der Waals surface area contributed by atoms with E-state index in [-0.39, 0.29) is 23.5 Å². The number of carbonyl (C=O) groups is 2. The van der Waals surface area contributed by atoms with Crippen LogP contribution in [0.25, 0.3) is 0 Å². The highest BCUT2D eigenvalue weighted by Gasteiger charge is 2.29. The van der Waals surface area contributed by atoms with Crippen molar-refractivity contribution in [2.45, 2.75) is 53.6 Å². The smallest absolute Gasteiger partial charge is 0.334 e. The zero-order valence-corrected chi connectivity index (χ0v) is 11.9. The minimum atomic E-state index is -1.08. The maximum Gasteiger partial charge on any atom is 0.334 e. The van der Waals surface area contributed by atoms with Crippen molar-refractivity contribution in [3.8, 4) is 0 Å². The molecule has 0 saturated carbocycles. The van der Waals surface area contributed by atoms with Crippen LogP contribution in [-0.4, -0.2) is 23.1 Å². The Labute approximate surface area is 109 Å². The standard InChI is InChI=1S/C14H24O4/c1-9(2)7-11(14(4,5)6)18-13(17)10(3)8-12(15)16/h9,11H,3,7-8H2,1-2,4-6H3,(H,15,16). The zero-order valence-electron chi connectivity index (χ0n) is 11.9. The normalized spacial score (nSPS) is 13.2. The van der Waals surface area contributed by atoms with Crippen LogP contribution in [0, 0.1) is 11.3 Å². The number of carboxylic acids is 1. The van der Waals surface area contributed by atoms with Crippen LogP contribution in [0.1, 0.15) is 47.5 Å². The minimum Gasteiger partial charge on any atom is -0.481 e. The number of ether oxygens (including phenoxy) is 1. The van der Waals surface area contributed by atoms with Crippen molar-refractivity contribution in [1.29, 1.82) is 0 Å². The van der Waals surface area contributed by atoms with E-state index in [1.54, 1.807) is 0 Å². The van der Waals surface area contributed by atoms with Gasteiger partial charge in [0.25, 0.3) is 0 Å². The topological polar surface area (TPSA) is 63.6 Å². The Balaban J connectivity index is 4.63. The first-order valence-corrected chi connectivity index (χ1v) is 6.14. The molecule has 0 aromatic heterocycles. The van der Waals surface area contributed by atoms with Gasteiger partial charge in [-0.25, -0.2) is 4.79 Å². The van der Waals surface area contributed by atoms with E-state index in [9.17, 15) is 9.59 Å². The van der Waals surface area contributed by atoms with Crippen molar-refractivity contribution in [2.75, 3.05) is 0 Å². The van der Waals surface area contributed by atoms with Crippen LogP contribution < -0.4 is 0 Å². The molecular weight excluding hydrogens is 232 g/mol. The van der Waals surface area contributed by atoms with Crippen molar-refractivity contribution in [3.05, 3.63) is 12.2 Å². The second-order valence-electron chi connectivity index (χ2n) is 6.06. The fraction of sp³-hybridized carbons (Fsp3) is 0.714. The molecular formula is C14H24O4. The number of carbonyl (C=O) groups excluding carboxylic acids is 1. The molecule has 0 fully saturated rings. The van der Waals surface area contributed by atoms with Gasteiger partial charge in [-0.1, -0.05) is 41.2 Å². The third-order valence-corrected chi connectivity index (χ3v) is 2.55. The predicted octanol–water partition coefficient (Wildman–Crippen LogP) is 3.02. The van der Waals surface area contributed by atoms with Gasteiger partial charge in [0.1, 0.15) is 6.10 Å². The van der Waals surface area contributed by atoms with E-state index in [0.29, 0.717) is 5.92 Å². The number of hydrogen-bond acceptors (Lipinski definition) is 3. The summed E-state index contributed by atoms with van der Waals surface area (Å²) in [5.74, 6) is -1.29. The summed E-state index contributed by atoms with van der Waals surface area (Å²) >= 11 is 0. The number of hydrogen-bond donors (Lipinski definition) is 1. The average Bonchev–Trinajstić information content (AvgIpc) is 2.13. The highest BCUT2D eigenvalue weighted by Crippen LogP contribution is 2.28. The highest BCUT2D eigenvalue weighted by atomic mass is 16.5. The molecule has 4 nitrogen and oxygen atoms in total. The van der Waals surface area contributed by atoms with Crippen LogP contribution in [0.4, 0.5) is 0 Å². The van der Waals surface area contributed by atoms with Crippen molar-refractivity contribution < 1.29 is 19.4 Å². The van der Waals surface area contributed by atoms with Crippen LogP contribution in [0.5, 0.6) is 0 Å². The molecule has 18 heavy (non-hydrogen) atoms. The largest absolute Gasteiger partial charge is 0.481 e. The minimum absolute atomic E-state index is 0.0134. The SMILES string of the molecule is C=C(CC(=O)O)C(=O)OC(CC(C)C)C(C)(C)C. The lowest BCUT2D eigenvalue weighted by molar-refractivity contribution is -0.152. The lowest BCUT2D eigenvalue weighted by Gasteiger charge is -2.31. The molecule has 0 rings (SSSR count). The van der Waals surface area contributed by atoms with Crippen LogP contribution >= 0.6 is 0 Å². The Morgan fingerprint density at radius 1 is 1.28 bits per heavy atom. The van der Waals surface area contributed by atoms with Crippen LogP contribution in [0.3, 0.4) is 0 Å². The number of esters is 1. The number of carboxylic acid groups (broad SMARTS) is 1. The quantitative estimate of drug-likeness (QED) is 0.586. The third kappa shape index (κ3) is 6.42. The van der Waals surface area contributed by atoms with E-state index in [1.807, 2.05) is 20.8 Å². The molecule has 0 aromatic carbocycles. The van der Waals surface area contributed by atoms with Gasteiger partial charge in [-0.15, -0.1) is 0 Å². The molecule has 1 atom stereocenters. The molecule has 0 aliphatic rings. The second-order valence-corrected chi connectivity index (χ2v) is 6.06. The highest BCUT2D eigenvalue weighted by molar-refractivity contribution is 5.92. The second kappa shape index (κ2) is 6.57. The molecule has 0 saturated heterocycles. The Kier molecular flexibility index (Phi) is 6.09. The summed E-state index contributed by atoms with van der Waals surface area (Å²) in [7, 11) is 0. The Hall–Kier alpha value is -1.32. The molecule has 1 N–H and O–H groups in total. The van der Waals surface area contributed by atoms with Crippen LogP contribution in [-0.2, 0) is 14.3 Å². The molecule has 0 aromatic rings. The fourth-order valence-electron chi connectivity index (χ4n) is 1.47. The molecule has 0 aliphatic heterocycles. The van der Waals surface area contributed by atoms with E-state index >= 15 is 0 Å². The Morgan fingerprint density at radius 2 is 1.78 bits per heavy atom. The number of aliphatic carboxylic acids is 1. The maximum absolute atomic E-state index is 11.7. The Morgan fingerprint density at radius 3 is 2.11 bits per heavy atom. The summed E-state index contributed by atoms with van der Waals surface area (Å²) in [5, 5.41) is 8.60. The molecule has 0 heterocycles. The fourth-order valence-corrected chi connectivity index (χ4v) is 1.47. The molecule has 1 unspecified atom stereocenters. The van der Waals surface area contributed by atoms with E-state index in [2.05, 4.69) is 20.4 Å². The molecule has 0 spiro atoms. The lowest BCUT2D eigenvalue weighted by Crippen LogP contribution is -2.33. The monoisotopic (exact) mass is 256 g/mol. The third-order valence-electron chi connectivity index (χ3n) is 2.55. The first-order chi connectivity index (χ1) is 8.04. The number of rotatable bonds is 6. The van der Waals surface area contributed by atoms with Crippen molar-refractivity contribution >= 4 is 11.9 Å². The van der Waals surface area contributed by atoms with Crippen molar-refractivity contribution in [2.24, 2.45) is 11.3 Å². The molecule has 0 aliphatic carbocycles. The maximum atomic E-state index is 11.7. The summed E-state index contributed by atoms with van der Waals surface area (Å²) in [6, 6.07) is 0. The van der Waals surface area contributed by atoms with Crippen LogP contribution in [0.15, 0.2) is 12.2 Å². The van der Waals surface area contributed by atoms with Gasteiger partial charge in [0.2, 0.25) is 0 Å². The molecule has 0 amide bonds. The predicted molar refractivity (Wildman–Crippen MR) is 70.2 cm³/mol. The molecule has 0 radical (unpaired) electrons. The van der Waals surface area contributed by atoms with Crippen LogP contribution in [0.2, 0.25) is 0 Å². The summed E-state index contributed by atoms with van der Waals surface area (Å²) in [4.78, 5) is 22.2. The first kappa shape index (κ1) is 16.7. The van der Waals surface area contributed by atoms with Gasteiger partial charge >= 0.3 is 11.9 Å². The van der Waals surface area contributed by atoms with E-state index in [0.717, 1.165) is 6.42 Å². The summed E-state index contributed by atoms with van der Waals surface area (Å²) < 4.78 is 5.39. The Bertz CT molecular complexity index is 323. The van der Waals surface area contributed by atoms with E-state index in [4.69, 9.17) is 9.84 Å². The van der Waals surface area contributed by atoms with Crippen molar-refractivity contribution in [3.63, 3.8) is 0 Å². The zero-order chi connectivity index (χ0) is 14.5. The summed E-state index contributed by atoms with van der Waals surface area (Å²) in [6.07, 6.45) is 0.128. The molecule has 0 bridgehead atoms. The van der Waals surface area contributed by atoms with Gasteiger partial charge in [0.05, 0.1) is 6.42 Å².